The first-order valence-corrected chi connectivity index (χ1v) is 9.95. The molecule has 1 aromatic heterocycles. The van der Waals surface area contributed by atoms with E-state index < -0.39 is 10.0 Å². The molecule has 0 aliphatic heterocycles. The molecule has 0 radical (unpaired) electrons. The number of amides is 1. The van der Waals surface area contributed by atoms with Gasteiger partial charge in [0, 0.05) is 17.1 Å². The molecule has 0 spiro atoms. The molecule has 8 heteroatoms. The lowest BCUT2D eigenvalue weighted by Gasteiger charge is -2.08. The quantitative estimate of drug-likeness (QED) is 0.632. The summed E-state index contributed by atoms with van der Waals surface area (Å²) in [6.07, 6.45) is 1.47. The van der Waals surface area contributed by atoms with Crippen molar-refractivity contribution in [3.63, 3.8) is 0 Å². The minimum atomic E-state index is -3.69. The van der Waals surface area contributed by atoms with Gasteiger partial charge >= 0.3 is 0 Å². The molecule has 0 bridgehead atoms. The van der Waals surface area contributed by atoms with E-state index in [-0.39, 0.29) is 17.3 Å². The number of nitrogens with one attached hydrogen (secondary N) is 2. The number of rotatable bonds is 7. The van der Waals surface area contributed by atoms with Gasteiger partial charge in [-0.2, -0.15) is 0 Å². The van der Waals surface area contributed by atoms with Crippen molar-refractivity contribution in [3.8, 4) is 0 Å². The third kappa shape index (κ3) is 5.19. The van der Waals surface area contributed by atoms with Crippen LogP contribution in [0, 0.1) is 0 Å². The largest absolute Gasteiger partial charge is 0.468 e. The third-order valence-electron chi connectivity index (χ3n) is 3.81. The average molecular weight is 405 g/mol. The number of halogens is 1. The SMILES string of the molecule is O=C(NCc1ccc(Cl)cc1)c1ccc(S(=O)(=O)NCc2ccco2)cc1. The number of furan rings is 1. The predicted octanol–water partition coefficient (Wildman–Crippen LogP) is 3.34. The summed E-state index contributed by atoms with van der Waals surface area (Å²) in [7, 11) is -3.69. The van der Waals surface area contributed by atoms with Crippen LogP contribution in [0.3, 0.4) is 0 Å². The molecule has 0 aliphatic rings. The summed E-state index contributed by atoms with van der Waals surface area (Å²) in [6, 6.07) is 16.2. The average Bonchev–Trinajstić information content (AvgIpc) is 3.20. The second-order valence-electron chi connectivity index (χ2n) is 5.74. The molecule has 0 saturated carbocycles. The van der Waals surface area contributed by atoms with Crippen LogP contribution in [0.15, 0.2) is 76.2 Å². The lowest BCUT2D eigenvalue weighted by atomic mass is 10.2. The molecular weight excluding hydrogens is 388 g/mol. The Morgan fingerprint density at radius 1 is 0.963 bits per heavy atom. The zero-order valence-electron chi connectivity index (χ0n) is 14.2. The fraction of sp³-hybridized carbons (Fsp3) is 0.105. The molecule has 0 saturated heterocycles. The molecule has 3 aromatic rings. The Hall–Kier alpha value is -2.61. The fourth-order valence-corrected chi connectivity index (χ4v) is 3.45. The second kappa shape index (κ2) is 8.39. The van der Waals surface area contributed by atoms with Gasteiger partial charge in [0.05, 0.1) is 17.7 Å². The maximum atomic E-state index is 12.3. The highest BCUT2D eigenvalue weighted by Gasteiger charge is 2.15. The van der Waals surface area contributed by atoms with E-state index >= 15 is 0 Å². The molecule has 27 heavy (non-hydrogen) atoms. The Morgan fingerprint density at radius 3 is 2.30 bits per heavy atom. The first kappa shape index (κ1) is 19.2. The summed E-state index contributed by atoms with van der Waals surface area (Å²) in [6.45, 7) is 0.402. The van der Waals surface area contributed by atoms with Crippen LogP contribution in [0.1, 0.15) is 21.7 Å². The first-order chi connectivity index (χ1) is 12.9. The van der Waals surface area contributed by atoms with Crippen molar-refractivity contribution < 1.29 is 17.6 Å². The van der Waals surface area contributed by atoms with Gasteiger partial charge in [0.2, 0.25) is 10.0 Å². The predicted molar refractivity (Wildman–Crippen MR) is 102 cm³/mol. The number of carbonyl (C=O) groups is 1. The van der Waals surface area contributed by atoms with Crippen LogP contribution in [0.5, 0.6) is 0 Å². The molecular formula is C19H17ClN2O4S. The van der Waals surface area contributed by atoms with Gasteiger partial charge in [-0.05, 0) is 54.1 Å². The molecule has 1 heterocycles. The van der Waals surface area contributed by atoms with Gasteiger partial charge in [-0.25, -0.2) is 13.1 Å². The third-order valence-corrected chi connectivity index (χ3v) is 5.48. The van der Waals surface area contributed by atoms with E-state index in [0.29, 0.717) is 22.9 Å². The Kier molecular flexibility index (Phi) is 5.95. The van der Waals surface area contributed by atoms with Gasteiger partial charge < -0.3 is 9.73 Å². The van der Waals surface area contributed by atoms with E-state index in [4.69, 9.17) is 16.0 Å². The smallest absolute Gasteiger partial charge is 0.251 e. The highest BCUT2D eigenvalue weighted by Crippen LogP contribution is 2.13. The van der Waals surface area contributed by atoms with Crippen molar-refractivity contribution in [2.45, 2.75) is 18.0 Å². The van der Waals surface area contributed by atoms with Crippen LogP contribution in [-0.4, -0.2) is 14.3 Å². The molecule has 0 fully saturated rings. The summed E-state index contributed by atoms with van der Waals surface area (Å²) in [5.74, 6) is 0.217. The van der Waals surface area contributed by atoms with Gasteiger partial charge in [0.1, 0.15) is 5.76 Å². The Balaban J connectivity index is 1.60. The van der Waals surface area contributed by atoms with Crippen molar-refractivity contribution in [3.05, 3.63) is 88.8 Å². The molecule has 0 unspecified atom stereocenters. The molecule has 1 amide bonds. The van der Waals surface area contributed by atoms with Gasteiger partial charge in [0.25, 0.3) is 5.91 Å². The minimum absolute atomic E-state index is 0.0542. The standard InChI is InChI=1S/C19H17ClN2O4S/c20-16-7-3-14(4-8-16)12-21-19(23)15-5-9-18(10-6-15)27(24,25)22-13-17-2-1-11-26-17/h1-11,22H,12-13H2,(H,21,23). The number of sulfonamides is 1. The lowest BCUT2D eigenvalue weighted by Crippen LogP contribution is -2.24. The van der Waals surface area contributed by atoms with Crippen molar-refractivity contribution >= 4 is 27.5 Å². The maximum Gasteiger partial charge on any atom is 0.251 e. The summed E-state index contributed by atoms with van der Waals surface area (Å²) >= 11 is 5.83. The number of benzene rings is 2. The van der Waals surface area contributed by atoms with Gasteiger partial charge in [-0.1, -0.05) is 23.7 Å². The van der Waals surface area contributed by atoms with E-state index in [1.54, 1.807) is 24.3 Å². The minimum Gasteiger partial charge on any atom is -0.468 e. The number of hydrogen-bond acceptors (Lipinski definition) is 4. The number of hydrogen-bond donors (Lipinski definition) is 2. The molecule has 0 atom stereocenters. The van der Waals surface area contributed by atoms with Crippen LogP contribution < -0.4 is 10.0 Å². The fourth-order valence-electron chi connectivity index (χ4n) is 2.33. The lowest BCUT2D eigenvalue weighted by molar-refractivity contribution is 0.0951. The zero-order chi connectivity index (χ0) is 19.3. The summed E-state index contributed by atoms with van der Waals surface area (Å²) in [4.78, 5) is 12.3. The van der Waals surface area contributed by atoms with Gasteiger partial charge in [-0.15, -0.1) is 0 Å². The first-order valence-electron chi connectivity index (χ1n) is 8.09. The van der Waals surface area contributed by atoms with Crippen molar-refractivity contribution in [2.24, 2.45) is 0 Å². The van der Waals surface area contributed by atoms with Crippen LogP contribution in [0.2, 0.25) is 5.02 Å². The molecule has 3 rings (SSSR count). The van der Waals surface area contributed by atoms with Gasteiger partial charge in [0.15, 0.2) is 0 Å². The van der Waals surface area contributed by atoms with E-state index in [1.807, 2.05) is 12.1 Å². The summed E-state index contributed by atoms with van der Waals surface area (Å²) in [5.41, 5.74) is 1.28. The van der Waals surface area contributed by atoms with Crippen molar-refractivity contribution in [1.82, 2.24) is 10.0 Å². The molecule has 2 aromatic carbocycles. The van der Waals surface area contributed by atoms with E-state index in [9.17, 15) is 13.2 Å². The van der Waals surface area contributed by atoms with E-state index in [0.717, 1.165) is 5.56 Å². The summed E-state index contributed by atoms with van der Waals surface area (Å²) < 4.78 is 32.1. The van der Waals surface area contributed by atoms with Crippen molar-refractivity contribution in [1.29, 1.82) is 0 Å². The van der Waals surface area contributed by atoms with Gasteiger partial charge in [-0.3, -0.25) is 4.79 Å². The van der Waals surface area contributed by atoms with Crippen LogP contribution >= 0.6 is 11.6 Å². The van der Waals surface area contributed by atoms with Crippen LogP contribution in [0.4, 0.5) is 0 Å². The van der Waals surface area contributed by atoms with Crippen LogP contribution in [-0.2, 0) is 23.1 Å². The number of carbonyl (C=O) groups excluding carboxylic acids is 1. The zero-order valence-corrected chi connectivity index (χ0v) is 15.8. The molecule has 0 aliphatic carbocycles. The molecule has 140 valence electrons. The van der Waals surface area contributed by atoms with E-state index in [1.165, 1.54) is 30.5 Å². The highest BCUT2D eigenvalue weighted by molar-refractivity contribution is 7.89. The second-order valence-corrected chi connectivity index (χ2v) is 7.94. The molecule has 2 N–H and O–H groups in total. The Bertz CT molecular complexity index is 999. The monoisotopic (exact) mass is 404 g/mol. The maximum absolute atomic E-state index is 12.3. The van der Waals surface area contributed by atoms with E-state index in [2.05, 4.69) is 10.0 Å². The Labute approximate surface area is 162 Å². The topological polar surface area (TPSA) is 88.4 Å². The highest BCUT2D eigenvalue weighted by atomic mass is 35.5. The summed E-state index contributed by atoms with van der Waals surface area (Å²) in [5, 5.41) is 3.40. The Morgan fingerprint density at radius 2 is 1.67 bits per heavy atom. The normalized spacial score (nSPS) is 11.3. The van der Waals surface area contributed by atoms with Crippen molar-refractivity contribution in [2.75, 3.05) is 0 Å². The molecule has 6 nitrogen and oxygen atoms in total. The van der Waals surface area contributed by atoms with Crippen LogP contribution in [0.25, 0.3) is 0 Å².